The van der Waals surface area contributed by atoms with Gasteiger partial charge in [-0.3, -0.25) is 14.5 Å². The van der Waals surface area contributed by atoms with E-state index in [0.717, 1.165) is 21.9 Å². The zero-order valence-corrected chi connectivity index (χ0v) is 25.8. The quantitative estimate of drug-likeness (QED) is 0.113. The van der Waals surface area contributed by atoms with Crippen molar-refractivity contribution in [1.82, 2.24) is 15.2 Å². The third kappa shape index (κ3) is 6.60. The molecule has 19 heteroatoms. The summed E-state index contributed by atoms with van der Waals surface area (Å²) in [6, 6.07) is 8.19. The Balaban J connectivity index is 1.33. The summed E-state index contributed by atoms with van der Waals surface area (Å²) < 4.78 is 0. The molecule has 0 bridgehead atoms. The average molecular weight is 674 g/mol. The van der Waals surface area contributed by atoms with Gasteiger partial charge in [0.15, 0.2) is 16.0 Å². The van der Waals surface area contributed by atoms with Crippen LogP contribution < -0.4 is 27.4 Å². The van der Waals surface area contributed by atoms with Gasteiger partial charge in [-0.1, -0.05) is 35.1 Å². The molecule has 4 atom stereocenters. The van der Waals surface area contributed by atoms with Gasteiger partial charge in [0.1, 0.15) is 34.8 Å². The number of nitrogens with one attached hydrogen (secondary N) is 1. The van der Waals surface area contributed by atoms with E-state index in [1.807, 2.05) is 30.3 Å². The number of benzene rings is 1. The van der Waals surface area contributed by atoms with Crippen molar-refractivity contribution < 1.29 is 34.2 Å². The predicted octanol–water partition coefficient (Wildman–Crippen LogP) is 0.352. The third-order valence-electron chi connectivity index (χ3n) is 6.65. The number of nitrogens with two attached hydrogens (primary N) is 3. The van der Waals surface area contributed by atoms with Gasteiger partial charge in [0.2, 0.25) is 6.10 Å². The number of β-lactam (4-membered cyclic amide) rings is 1. The second-order valence-corrected chi connectivity index (χ2v) is 12.6. The third-order valence-corrected chi connectivity index (χ3v) is 9.70. The van der Waals surface area contributed by atoms with Crippen LogP contribution in [0.4, 0.5) is 10.8 Å². The molecule has 1 aromatic heterocycles. The van der Waals surface area contributed by atoms with E-state index in [1.165, 1.54) is 35.8 Å². The Labute approximate surface area is 268 Å². The summed E-state index contributed by atoms with van der Waals surface area (Å²) in [5.41, 5.74) is 18.7. The first-order valence-electron chi connectivity index (χ1n) is 13.1. The van der Waals surface area contributed by atoms with Crippen LogP contribution in [0.3, 0.4) is 0 Å². The van der Waals surface area contributed by atoms with Crippen LogP contribution in [-0.4, -0.2) is 89.9 Å². The molecule has 3 aliphatic rings. The number of thioether (sulfide) groups is 2. The molecule has 4 heterocycles. The number of hydrogen-bond acceptors (Lipinski definition) is 15. The standard InChI is InChI=1S/C26H27N9O7S3/c1-11(23(38)39)42-33-17(14-10-44-25(29)30-14)20(36)32-18-21(37)35-19(24(40)41)12(8-43-22(18)35)9-45-26-31-15(27)7-16(28)34(26)13-5-3-2-4-6-13/h2-7,10-11,16,18,22H,8-9,27-28H2,1H3,(H2,29,30)(H,32,36)(H,38,39)(H,40,41)/b33-17-/t11?,16?,18?,22-/m0/s1. The molecule has 1 aromatic carbocycles. The highest BCUT2D eigenvalue weighted by atomic mass is 32.2. The fourth-order valence-electron chi connectivity index (χ4n) is 4.48. The van der Waals surface area contributed by atoms with E-state index < -0.39 is 53.2 Å². The number of carbonyl (C=O) groups is 4. The zero-order valence-electron chi connectivity index (χ0n) is 23.4. The van der Waals surface area contributed by atoms with Crippen LogP contribution in [0.15, 0.2) is 69.0 Å². The molecule has 0 spiro atoms. The van der Waals surface area contributed by atoms with Crippen LogP contribution in [0, 0.1) is 0 Å². The van der Waals surface area contributed by atoms with E-state index in [0.29, 0.717) is 10.7 Å². The molecule has 45 heavy (non-hydrogen) atoms. The number of thiazole rings is 1. The lowest BCUT2D eigenvalue weighted by molar-refractivity contribution is -0.150. The first-order valence-corrected chi connectivity index (χ1v) is 16.0. The van der Waals surface area contributed by atoms with E-state index in [4.69, 9.17) is 27.1 Å². The molecule has 2 aromatic rings. The summed E-state index contributed by atoms with van der Waals surface area (Å²) in [7, 11) is 0. The van der Waals surface area contributed by atoms with Gasteiger partial charge in [-0.2, -0.15) is 0 Å². The molecular weight excluding hydrogens is 647 g/mol. The number of hydrogen-bond donors (Lipinski definition) is 6. The molecular formula is C26H27N9O7S3. The molecule has 236 valence electrons. The lowest BCUT2D eigenvalue weighted by Gasteiger charge is -2.49. The number of aliphatic carboxylic acids is 2. The molecule has 3 unspecified atom stereocenters. The maximum absolute atomic E-state index is 13.3. The van der Waals surface area contributed by atoms with E-state index in [2.05, 4.69) is 20.4 Å². The van der Waals surface area contributed by atoms with E-state index in [9.17, 15) is 24.3 Å². The SMILES string of the molecule is CC(O/N=C(\C(=O)NC1C(=O)N2C(C(=O)O)=C(CSC3=NC(N)=CC(N)N3c3ccccc3)CS[C@@H]12)c1csc(N)n1)C(=O)O. The molecule has 0 saturated carbocycles. The number of carboxylic acid groups (broad SMARTS) is 2. The van der Waals surface area contributed by atoms with Gasteiger partial charge < -0.3 is 42.5 Å². The number of nitrogens with zero attached hydrogens (tertiary/aromatic N) is 5. The Morgan fingerprint density at radius 2 is 1.96 bits per heavy atom. The van der Waals surface area contributed by atoms with Gasteiger partial charge >= 0.3 is 11.9 Å². The first kappa shape index (κ1) is 31.8. The number of amidine groups is 1. The molecule has 3 aliphatic heterocycles. The zero-order chi connectivity index (χ0) is 32.4. The maximum Gasteiger partial charge on any atom is 0.352 e. The molecule has 0 aliphatic carbocycles. The minimum absolute atomic E-state index is 0.0170. The monoisotopic (exact) mass is 673 g/mol. The number of nitrogen functional groups attached to an aromatic ring is 1. The van der Waals surface area contributed by atoms with Crippen LogP contribution in [0.25, 0.3) is 0 Å². The van der Waals surface area contributed by atoms with Crippen LogP contribution >= 0.6 is 34.9 Å². The molecule has 9 N–H and O–H groups in total. The number of carboxylic acids is 2. The highest BCUT2D eigenvalue weighted by Crippen LogP contribution is 2.41. The number of aliphatic imine (C=N–C) groups is 1. The number of rotatable bonds is 10. The fourth-order valence-corrected chi connectivity index (χ4v) is 7.59. The largest absolute Gasteiger partial charge is 0.478 e. The van der Waals surface area contributed by atoms with Crippen molar-refractivity contribution in [2.24, 2.45) is 21.6 Å². The highest BCUT2D eigenvalue weighted by molar-refractivity contribution is 8.14. The first-order chi connectivity index (χ1) is 21.5. The Kier molecular flexibility index (Phi) is 9.32. The van der Waals surface area contributed by atoms with Crippen molar-refractivity contribution in [2.75, 3.05) is 22.1 Å². The lowest BCUT2D eigenvalue weighted by Crippen LogP contribution is -2.71. The second kappa shape index (κ2) is 13.2. The summed E-state index contributed by atoms with van der Waals surface area (Å²) in [6.07, 6.45) is -0.370. The van der Waals surface area contributed by atoms with Crippen molar-refractivity contribution in [3.05, 3.63) is 64.6 Å². The minimum atomic E-state index is -1.37. The average Bonchev–Trinajstić information content (AvgIpc) is 3.43. The minimum Gasteiger partial charge on any atom is -0.478 e. The van der Waals surface area contributed by atoms with Gasteiger partial charge in [0.05, 0.1) is 0 Å². The van der Waals surface area contributed by atoms with Crippen molar-refractivity contribution >= 4 is 80.3 Å². The Morgan fingerprint density at radius 3 is 2.60 bits per heavy atom. The van der Waals surface area contributed by atoms with Crippen LogP contribution in [0.2, 0.25) is 0 Å². The fraction of sp³-hybridized carbons (Fsp3) is 0.269. The van der Waals surface area contributed by atoms with Gasteiger partial charge in [-0.05, 0) is 30.7 Å². The molecule has 1 fully saturated rings. The Hall–Kier alpha value is -4.59. The van der Waals surface area contributed by atoms with Crippen molar-refractivity contribution in [3.8, 4) is 0 Å². The highest BCUT2D eigenvalue weighted by Gasteiger charge is 2.54. The van der Waals surface area contributed by atoms with Gasteiger partial charge in [-0.25, -0.2) is 19.6 Å². The van der Waals surface area contributed by atoms with Gasteiger partial charge in [0.25, 0.3) is 11.8 Å². The number of anilines is 2. The summed E-state index contributed by atoms with van der Waals surface area (Å²) in [4.78, 5) is 66.3. The van der Waals surface area contributed by atoms with E-state index in [1.54, 1.807) is 11.0 Å². The molecule has 2 amide bonds. The topological polar surface area (TPSA) is 252 Å². The molecule has 5 rings (SSSR count). The van der Waals surface area contributed by atoms with Gasteiger partial charge in [-0.15, -0.1) is 23.1 Å². The maximum atomic E-state index is 13.3. The van der Waals surface area contributed by atoms with Crippen molar-refractivity contribution in [2.45, 2.75) is 30.6 Å². The number of carbonyl (C=O) groups excluding carboxylic acids is 2. The Morgan fingerprint density at radius 1 is 1.22 bits per heavy atom. The number of oxime groups is 1. The normalized spacial score (nSPS) is 22.1. The number of fused-ring (bicyclic) bond motifs is 1. The summed E-state index contributed by atoms with van der Waals surface area (Å²) in [5, 5.41) is 26.7. The van der Waals surface area contributed by atoms with Crippen molar-refractivity contribution in [3.63, 3.8) is 0 Å². The van der Waals surface area contributed by atoms with Crippen molar-refractivity contribution in [1.29, 1.82) is 0 Å². The summed E-state index contributed by atoms with van der Waals surface area (Å²) >= 11 is 3.53. The number of aromatic nitrogens is 1. The molecule has 16 nitrogen and oxygen atoms in total. The molecule has 0 radical (unpaired) electrons. The van der Waals surface area contributed by atoms with Crippen LogP contribution in [-0.2, 0) is 24.0 Å². The number of para-hydroxylation sites is 1. The van der Waals surface area contributed by atoms with Gasteiger partial charge in [0, 0.05) is 22.6 Å². The summed E-state index contributed by atoms with van der Waals surface area (Å²) in [5.74, 6) is -3.49. The van der Waals surface area contributed by atoms with Crippen LogP contribution in [0.1, 0.15) is 12.6 Å². The van der Waals surface area contributed by atoms with Crippen LogP contribution in [0.5, 0.6) is 0 Å². The summed E-state index contributed by atoms with van der Waals surface area (Å²) in [6.45, 7) is 1.22. The lowest BCUT2D eigenvalue weighted by atomic mass is 10.0. The van der Waals surface area contributed by atoms with E-state index in [-0.39, 0.29) is 33.8 Å². The smallest absolute Gasteiger partial charge is 0.352 e. The predicted molar refractivity (Wildman–Crippen MR) is 170 cm³/mol. The second-order valence-electron chi connectivity index (χ2n) is 9.69. The Bertz CT molecular complexity index is 1660. The number of amides is 2. The molecule has 1 saturated heterocycles. The van der Waals surface area contributed by atoms with E-state index >= 15 is 0 Å².